The molecule has 1 aromatic heterocycles. The van der Waals surface area contributed by atoms with E-state index in [4.69, 9.17) is 16.7 Å². The number of aromatic amines is 1. The van der Waals surface area contributed by atoms with Gasteiger partial charge in [0.15, 0.2) is 0 Å². The van der Waals surface area contributed by atoms with E-state index >= 15 is 0 Å². The third-order valence-electron chi connectivity index (χ3n) is 1.97. The Morgan fingerprint density at radius 1 is 1.53 bits per heavy atom. The van der Waals surface area contributed by atoms with Crippen molar-refractivity contribution >= 4 is 17.6 Å². The van der Waals surface area contributed by atoms with Crippen LogP contribution in [-0.4, -0.2) is 25.8 Å². The van der Waals surface area contributed by atoms with Crippen molar-refractivity contribution in [1.29, 1.82) is 0 Å². The Bertz CT molecular complexity index is 649. The first-order chi connectivity index (χ1) is 7.99. The Morgan fingerprint density at radius 3 is 2.76 bits per heavy atom. The predicted molar refractivity (Wildman–Crippen MR) is 56.1 cm³/mol. The summed E-state index contributed by atoms with van der Waals surface area (Å²) in [6.07, 6.45) is 0. The number of carbonyl (C=O) groups is 1. The quantitative estimate of drug-likeness (QED) is 0.842. The molecule has 2 aromatic rings. The number of nitrogens with one attached hydrogen (secondary N) is 1. The zero-order valence-electron chi connectivity index (χ0n) is 8.15. The topological polar surface area (TPSA) is 88.0 Å². The summed E-state index contributed by atoms with van der Waals surface area (Å²) < 4.78 is 13.7. The molecule has 0 unspecified atom stereocenters. The lowest BCUT2D eigenvalue weighted by Crippen LogP contribution is -2.15. The summed E-state index contributed by atoms with van der Waals surface area (Å²) in [5.74, 6) is -2.51. The summed E-state index contributed by atoms with van der Waals surface area (Å²) in [6.45, 7) is 0. The van der Waals surface area contributed by atoms with Crippen LogP contribution in [0.25, 0.3) is 5.69 Å². The Hall–Kier alpha value is -2.15. The monoisotopic (exact) mass is 257 g/mol. The van der Waals surface area contributed by atoms with Crippen molar-refractivity contribution in [3.05, 3.63) is 45.3 Å². The molecule has 0 fully saturated rings. The number of hydrogen-bond acceptors (Lipinski definition) is 3. The van der Waals surface area contributed by atoms with Crippen LogP contribution in [0.3, 0.4) is 0 Å². The molecule has 0 spiro atoms. The summed E-state index contributed by atoms with van der Waals surface area (Å²) in [5, 5.41) is 12.0. The van der Waals surface area contributed by atoms with Crippen LogP contribution >= 0.6 is 11.6 Å². The van der Waals surface area contributed by atoms with Crippen LogP contribution < -0.4 is 5.69 Å². The number of halogens is 2. The highest BCUT2D eigenvalue weighted by Gasteiger charge is 2.13. The average molecular weight is 258 g/mol. The van der Waals surface area contributed by atoms with Crippen molar-refractivity contribution in [2.24, 2.45) is 0 Å². The molecular formula is C9H5ClFN3O3. The van der Waals surface area contributed by atoms with Gasteiger partial charge >= 0.3 is 11.7 Å². The third kappa shape index (κ3) is 2.04. The number of H-pyrrole nitrogens is 1. The molecule has 2 rings (SSSR count). The smallest absolute Gasteiger partial charge is 0.373 e. The van der Waals surface area contributed by atoms with Crippen molar-refractivity contribution in [2.75, 3.05) is 0 Å². The fraction of sp³-hybridized carbons (Fsp3) is 0. The Labute approximate surface area is 98.3 Å². The maximum atomic E-state index is 12.9. The van der Waals surface area contributed by atoms with Gasteiger partial charge in [-0.3, -0.25) is 4.98 Å². The molecule has 1 heterocycles. The first kappa shape index (κ1) is 11.3. The molecule has 0 bridgehead atoms. The molecule has 0 saturated heterocycles. The van der Waals surface area contributed by atoms with E-state index < -0.39 is 23.3 Å². The minimum Gasteiger partial charge on any atom is -0.475 e. The minimum atomic E-state index is -1.37. The Kier molecular flexibility index (Phi) is 2.68. The molecule has 88 valence electrons. The number of rotatable bonds is 2. The first-order valence-corrected chi connectivity index (χ1v) is 4.75. The second-order valence-electron chi connectivity index (χ2n) is 3.09. The van der Waals surface area contributed by atoms with Crippen LogP contribution in [-0.2, 0) is 0 Å². The predicted octanol–water partition coefficient (Wildman–Crippen LogP) is 1.05. The molecule has 1 aromatic carbocycles. The number of hydrogen-bond donors (Lipinski definition) is 2. The van der Waals surface area contributed by atoms with Gasteiger partial charge < -0.3 is 5.11 Å². The van der Waals surface area contributed by atoms with Crippen LogP contribution in [0.2, 0.25) is 5.02 Å². The van der Waals surface area contributed by atoms with E-state index in [9.17, 15) is 14.0 Å². The van der Waals surface area contributed by atoms with E-state index in [0.717, 1.165) is 10.7 Å². The third-order valence-corrected chi connectivity index (χ3v) is 2.26. The van der Waals surface area contributed by atoms with Gasteiger partial charge in [0.2, 0.25) is 5.82 Å². The van der Waals surface area contributed by atoms with Crippen LogP contribution in [0.15, 0.2) is 23.0 Å². The van der Waals surface area contributed by atoms with Crippen LogP contribution in [0.4, 0.5) is 4.39 Å². The zero-order chi connectivity index (χ0) is 12.6. The normalized spacial score (nSPS) is 10.5. The van der Waals surface area contributed by atoms with Gasteiger partial charge in [0.05, 0.1) is 10.7 Å². The Morgan fingerprint density at radius 2 is 2.24 bits per heavy atom. The number of carboxylic acid groups (broad SMARTS) is 1. The van der Waals surface area contributed by atoms with Crippen molar-refractivity contribution in [3.63, 3.8) is 0 Å². The maximum Gasteiger partial charge on any atom is 0.373 e. The van der Waals surface area contributed by atoms with E-state index in [1.165, 1.54) is 12.1 Å². The minimum absolute atomic E-state index is 0.171. The largest absolute Gasteiger partial charge is 0.475 e. The number of aromatic nitrogens is 3. The number of benzene rings is 1. The second-order valence-corrected chi connectivity index (χ2v) is 3.50. The molecule has 0 aliphatic heterocycles. The van der Waals surface area contributed by atoms with E-state index in [-0.39, 0.29) is 10.7 Å². The molecule has 2 N–H and O–H groups in total. The van der Waals surface area contributed by atoms with Gasteiger partial charge in [-0.1, -0.05) is 11.6 Å². The highest BCUT2D eigenvalue weighted by molar-refractivity contribution is 6.30. The summed E-state index contributed by atoms with van der Waals surface area (Å²) in [4.78, 5) is 24.0. The van der Waals surface area contributed by atoms with Crippen LogP contribution in [0.5, 0.6) is 0 Å². The molecule has 0 saturated carbocycles. The molecular weight excluding hydrogens is 253 g/mol. The number of aromatic carboxylic acids is 1. The van der Waals surface area contributed by atoms with Gasteiger partial charge in [-0.05, 0) is 18.2 Å². The SMILES string of the molecule is O=C(O)c1nn(-c2ccc(F)c(Cl)c2)c(=O)[nH]1. The van der Waals surface area contributed by atoms with E-state index in [2.05, 4.69) is 5.10 Å². The highest BCUT2D eigenvalue weighted by atomic mass is 35.5. The molecule has 8 heteroatoms. The first-order valence-electron chi connectivity index (χ1n) is 4.37. The van der Waals surface area contributed by atoms with Gasteiger partial charge in [-0.2, -0.15) is 4.68 Å². The van der Waals surface area contributed by atoms with Gasteiger partial charge in [0.1, 0.15) is 5.82 Å². The molecule has 0 aliphatic rings. The van der Waals surface area contributed by atoms with Crippen molar-refractivity contribution in [2.45, 2.75) is 0 Å². The fourth-order valence-electron chi connectivity index (χ4n) is 1.21. The van der Waals surface area contributed by atoms with Gasteiger partial charge in [0, 0.05) is 0 Å². The molecule has 0 atom stereocenters. The van der Waals surface area contributed by atoms with Crippen LogP contribution in [0, 0.1) is 5.82 Å². The number of carboxylic acids is 1. The van der Waals surface area contributed by atoms with E-state index in [1.54, 1.807) is 0 Å². The van der Waals surface area contributed by atoms with Crippen molar-refractivity contribution in [3.8, 4) is 5.69 Å². The molecule has 0 amide bonds. The summed E-state index contributed by atoms with van der Waals surface area (Å²) >= 11 is 5.54. The van der Waals surface area contributed by atoms with Gasteiger partial charge in [0.25, 0.3) is 0 Å². The van der Waals surface area contributed by atoms with E-state index in [1.807, 2.05) is 4.98 Å². The summed E-state index contributed by atoms with van der Waals surface area (Å²) in [5.41, 5.74) is -0.574. The molecule has 0 aliphatic carbocycles. The van der Waals surface area contributed by atoms with Gasteiger partial charge in [-0.25, -0.2) is 14.0 Å². The second kappa shape index (κ2) is 4.02. The van der Waals surface area contributed by atoms with Gasteiger partial charge in [-0.15, -0.1) is 5.10 Å². The number of nitrogens with zero attached hydrogens (tertiary/aromatic N) is 2. The van der Waals surface area contributed by atoms with Crippen LogP contribution in [0.1, 0.15) is 10.6 Å². The Balaban J connectivity index is 2.56. The average Bonchev–Trinajstić information content (AvgIpc) is 2.65. The molecule has 17 heavy (non-hydrogen) atoms. The standard InChI is InChI=1S/C9H5ClFN3O3/c10-5-3-4(1-2-6(5)11)14-9(17)12-7(13-14)8(15)16/h1-3H,(H,15,16)(H,12,13,17). The summed E-state index contributed by atoms with van der Waals surface area (Å²) in [7, 11) is 0. The lowest BCUT2D eigenvalue weighted by atomic mass is 10.3. The van der Waals surface area contributed by atoms with Crippen molar-refractivity contribution in [1.82, 2.24) is 14.8 Å². The summed E-state index contributed by atoms with van der Waals surface area (Å²) in [6, 6.07) is 3.49. The van der Waals surface area contributed by atoms with E-state index in [0.29, 0.717) is 0 Å². The highest BCUT2D eigenvalue weighted by Crippen LogP contribution is 2.17. The maximum absolute atomic E-state index is 12.9. The molecule has 6 nitrogen and oxygen atoms in total. The van der Waals surface area contributed by atoms with Crippen molar-refractivity contribution < 1.29 is 14.3 Å². The lowest BCUT2D eigenvalue weighted by molar-refractivity contribution is 0.0683. The molecule has 0 radical (unpaired) electrons. The lowest BCUT2D eigenvalue weighted by Gasteiger charge is -2.00. The zero-order valence-corrected chi connectivity index (χ0v) is 8.90. The fourth-order valence-corrected chi connectivity index (χ4v) is 1.39.